The van der Waals surface area contributed by atoms with Gasteiger partial charge in [0.1, 0.15) is 24.2 Å². The fourth-order valence-corrected chi connectivity index (χ4v) is 5.24. The second-order valence-corrected chi connectivity index (χ2v) is 12.2. The molecule has 1 aliphatic rings. The molecule has 45 heavy (non-hydrogen) atoms. The van der Waals surface area contributed by atoms with Gasteiger partial charge in [-0.2, -0.15) is 0 Å². The van der Waals surface area contributed by atoms with Crippen LogP contribution in [0, 0.1) is 11.8 Å². The van der Waals surface area contributed by atoms with Crippen LogP contribution in [0.2, 0.25) is 0 Å². The number of rotatable bonds is 17. The first-order valence-corrected chi connectivity index (χ1v) is 16.8. The van der Waals surface area contributed by atoms with Crippen molar-refractivity contribution in [1.82, 2.24) is 20.9 Å². The molecule has 4 amide bonds. The van der Waals surface area contributed by atoms with Crippen LogP contribution in [0.4, 0.5) is 0 Å². The molecule has 1 saturated heterocycles. The average molecular weight is 638 g/mol. The van der Waals surface area contributed by atoms with E-state index in [0.717, 1.165) is 45.2 Å². The molecule has 1 aliphatic heterocycles. The molecule has 0 aliphatic carbocycles. The molecule has 6 unspecified atom stereocenters. The predicted molar refractivity (Wildman–Crippen MR) is 175 cm³/mol. The zero-order valence-electron chi connectivity index (χ0n) is 28.4. The lowest BCUT2D eigenvalue weighted by atomic mass is 9.94. The number of unbranched alkanes of at least 4 members (excludes halogenated alkanes) is 2. The fraction of sp³-hybridized carbons (Fsp3) is 0.812. The van der Waals surface area contributed by atoms with Crippen molar-refractivity contribution in [2.45, 2.75) is 136 Å². The van der Waals surface area contributed by atoms with Gasteiger partial charge in [-0.25, -0.2) is 4.79 Å². The molecule has 1 heterocycles. The maximum Gasteiger partial charge on any atom is 0.329 e. The quantitative estimate of drug-likeness (QED) is 0.0691. The van der Waals surface area contributed by atoms with E-state index in [1.165, 1.54) is 0 Å². The van der Waals surface area contributed by atoms with Gasteiger partial charge in [-0.05, 0) is 50.4 Å². The number of nitrogens with zero attached hydrogens (tertiary/aromatic N) is 2. The molecule has 258 valence electrons. The van der Waals surface area contributed by atoms with E-state index in [2.05, 4.69) is 41.7 Å². The number of aliphatic imine (C=N–C) groups is 1. The lowest BCUT2D eigenvalue weighted by molar-refractivity contribution is -0.158. The molecule has 0 bridgehead atoms. The number of nitrogens with two attached hydrogens (primary N) is 2. The third-order valence-electron chi connectivity index (χ3n) is 8.24. The molecule has 13 nitrogen and oxygen atoms in total. The van der Waals surface area contributed by atoms with E-state index in [9.17, 15) is 24.0 Å². The number of amides is 4. The number of esters is 1. The zero-order valence-corrected chi connectivity index (χ0v) is 28.4. The maximum absolute atomic E-state index is 13.5. The Morgan fingerprint density at radius 3 is 2.11 bits per heavy atom. The second kappa shape index (κ2) is 21.4. The number of ether oxygens (including phenoxy) is 1. The van der Waals surface area contributed by atoms with Crippen molar-refractivity contribution >= 4 is 35.6 Å². The second-order valence-electron chi connectivity index (χ2n) is 12.2. The number of carbonyl (C=O) groups is 5. The number of hydrogen-bond acceptors (Lipinski definition) is 7. The number of primary amides is 1. The Morgan fingerprint density at radius 1 is 0.889 bits per heavy atom. The van der Waals surface area contributed by atoms with Gasteiger partial charge in [-0.1, -0.05) is 60.8 Å². The molecule has 0 radical (unpaired) electrons. The first kappa shape index (κ1) is 39.6. The fourth-order valence-electron chi connectivity index (χ4n) is 5.24. The first-order valence-electron chi connectivity index (χ1n) is 16.8. The highest BCUT2D eigenvalue weighted by molar-refractivity contribution is 5.96. The SMILES string of the molecule is CCCCC(C)C1CC(=O)NC(CCCCN=C(N)N(CCC)CCC)C(=O)NC(CC(N)=O)C(=O)NC(C(C)CC)C(=O)O1. The highest BCUT2D eigenvalue weighted by Gasteiger charge is 2.36. The van der Waals surface area contributed by atoms with Gasteiger partial charge in [0.05, 0.1) is 12.8 Å². The molecular formula is C32H59N7O6. The molecular weight excluding hydrogens is 578 g/mol. The third kappa shape index (κ3) is 14.5. The average Bonchev–Trinajstić information content (AvgIpc) is 2.99. The summed E-state index contributed by atoms with van der Waals surface area (Å²) in [7, 11) is 0. The van der Waals surface area contributed by atoms with Crippen molar-refractivity contribution in [2.75, 3.05) is 19.6 Å². The normalized spacial score (nSPS) is 23.3. The molecule has 0 aromatic rings. The molecule has 0 aromatic carbocycles. The number of hydrogen-bond donors (Lipinski definition) is 5. The molecule has 1 fully saturated rings. The monoisotopic (exact) mass is 637 g/mol. The standard InChI is InChI=1S/C32H59N7O6/c1-7-11-14-22(6)25-20-27(41)36-23(15-12-13-16-35-32(34)39(17-8-2)18-9-3)29(42)37-24(19-26(33)40)30(43)38-28(21(5)10-4)31(44)45-25/h21-25,28H,7-20H2,1-6H3,(H2,33,40)(H2,34,35)(H,36,41)(H,37,42)(H,38,43). The molecule has 13 heteroatoms. The van der Waals surface area contributed by atoms with Crippen LogP contribution >= 0.6 is 0 Å². The molecule has 6 atom stereocenters. The van der Waals surface area contributed by atoms with Gasteiger partial charge in [-0.15, -0.1) is 0 Å². The Hall–Kier alpha value is -3.38. The highest BCUT2D eigenvalue weighted by Crippen LogP contribution is 2.21. The van der Waals surface area contributed by atoms with E-state index >= 15 is 0 Å². The summed E-state index contributed by atoms with van der Waals surface area (Å²) < 4.78 is 5.90. The smallest absolute Gasteiger partial charge is 0.329 e. The van der Waals surface area contributed by atoms with E-state index in [0.29, 0.717) is 31.8 Å². The minimum absolute atomic E-state index is 0.127. The summed E-state index contributed by atoms with van der Waals surface area (Å²) in [5.74, 6) is -3.20. The summed E-state index contributed by atoms with van der Waals surface area (Å²) in [6.45, 7) is 13.9. The van der Waals surface area contributed by atoms with Crippen LogP contribution in [-0.2, 0) is 28.7 Å². The Morgan fingerprint density at radius 2 is 1.53 bits per heavy atom. The highest BCUT2D eigenvalue weighted by atomic mass is 16.5. The third-order valence-corrected chi connectivity index (χ3v) is 8.24. The Labute approximate surface area is 269 Å². The zero-order chi connectivity index (χ0) is 33.9. The Balaban J connectivity index is 3.25. The van der Waals surface area contributed by atoms with E-state index in [1.54, 1.807) is 6.92 Å². The summed E-state index contributed by atoms with van der Waals surface area (Å²) in [4.78, 5) is 72.0. The minimum atomic E-state index is -1.33. The van der Waals surface area contributed by atoms with Gasteiger partial charge in [0.25, 0.3) is 0 Å². The Bertz CT molecular complexity index is 985. The minimum Gasteiger partial charge on any atom is -0.460 e. The van der Waals surface area contributed by atoms with Crippen molar-refractivity contribution in [3.8, 4) is 0 Å². The molecule has 1 rings (SSSR count). The lowest BCUT2D eigenvalue weighted by Gasteiger charge is -2.29. The van der Waals surface area contributed by atoms with Gasteiger partial charge < -0.3 is 37.1 Å². The predicted octanol–water partition coefficient (Wildman–Crippen LogP) is 2.11. The van der Waals surface area contributed by atoms with Gasteiger partial charge >= 0.3 is 5.97 Å². The van der Waals surface area contributed by atoms with Crippen LogP contribution in [-0.4, -0.2) is 84.3 Å². The first-order chi connectivity index (χ1) is 21.4. The van der Waals surface area contributed by atoms with Crippen molar-refractivity contribution in [1.29, 1.82) is 0 Å². The maximum atomic E-state index is 13.5. The number of cyclic esters (lactones) is 1. The van der Waals surface area contributed by atoms with Gasteiger partial charge in [-0.3, -0.25) is 24.2 Å². The largest absolute Gasteiger partial charge is 0.460 e. The molecule has 0 saturated carbocycles. The van der Waals surface area contributed by atoms with Crippen LogP contribution in [0.1, 0.15) is 112 Å². The van der Waals surface area contributed by atoms with Gasteiger partial charge in [0, 0.05) is 19.6 Å². The molecule has 7 N–H and O–H groups in total. The number of carbonyl (C=O) groups excluding carboxylic acids is 5. The van der Waals surface area contributed by atoms with E-state index in [-0.39, 0.29) is 24.7 Å². The van der Waals surface area contributed by atoms with Gasteiger partial charge in [0.2, 0.25) is 23.6 Å². The summed E-state index contributed by atoms with van der Waals surface area (Å²) >= 11 is 0. The van der Waals surface area contributed by atoms with E-state index in [4.69, 9.17) is 16.2 Å². The van der Waals surface area contributed by atoms with Crippen LogP contribution < -0.4 is 27.4 Å². The summed E-state index contributed by atoms with van der Waals surface area (Å²) in [5, 5.41) is 8.06. The van der Waals surface area contributed by atoms with Crippen molar-refractivity contribution in [3.63, 3.8) is 0 Å². The molecule has 0 aromatic heterocycles. The Kier molecular flexibility index (Phi) is 18.8. The van der Waals surface area contributed by atoms with E-state index < -0.39 is 60.2 Å². The van der Waals surface area contributed by atoms with Crippen LogP contribution in [0.5, 0.6) is 0 Å². The summed E-state index contributed by atoms with van der Waals surface area (Å²) in [6.07, 6.45) is 5.10. The molecule has 0 spiro atoms. The lowest BCUT2D eigenvalue weighted by Crippen LogP contribution is -2.57. The van der Waals surface area contributed by atoms with Crippen LogP contribution in [0.25, 0.3) is 0 Å². The summed E-state index contributed by atoms with van der Waals surface area (Å²) in [5.41, 5.74) is 11.6. The van der Waals surface area contributed by atoms with Crippen LogP contribution in [0.15, 0.2) is 4.99 Å². The van der Waals surface area contributed by atoms with Crippen molar-refractivity contribution in [3.05, 3.63) is 0 Å². The van der Waals surface area contributed by atoms with E-state index in [1.807, 2.05) is 18.7 Å². The van der Waals surface area contributed by atoms with Crippen molar-refractivity contribution in [2.24, 2.45) is 28.3 Å². The number of nitrogens with one attached hydrogen (secondary N) is 3. The number of guanidine groups is 1. The van der Waals surface area contributed by atoms with Crippen LogP contribution in [0.3, 0.4) is 0 Å². The van der Waals surface area contributed by atoms with Gasteiger partial charge in [0.15, 0.2) is 5.96 Å². The van der Waals surface area contributed by atoms with Crippen molar-refractivity contribution < 1.29 is 28.7 Å². The summed E-state index contributed by atoms with van der Waals surface area (Å²) in [6, 6.07) is -3.36. The topological polar surface area (TPSA) is 198 Å².